The van der Waals surface area contributed by atoms with Gasteiger partial charge in [-0.15, -0.1) is 12.8 Å². The van der Waals surface area contributed by atoms with E-state index in [1.165, 1.54) is 49.3 Å². The summed E-state index contributed by atoms with van der Waals surface area (Å²) in [6.45, 7) is 6.90. The Labute approximate surface area is 192 Å². The Kier molecular flexibility index (Phi) is 12.2. The van der Waals surface area contributed by atoms with Gasteiger partial charge < -0.3 is 9.47 Å². The highest BCUT2D eigenvalue weighted by molar-refractivity contribution is 5.95. The molecule has 0 heterocycles. The van der Waals surface area contributed by atoms with Crippen molar-refractivity contribution in [3.63, 3.8) is 0 Å². The van der Waals surface area contributed by atoms with Gasteiger partial charge in [0.05, 0.1) is 16.9 Å². The molecule has 0 aliphatic heterocycles. The van der Waals surface area contributed by atoms with Crippen LogP contribution in [-0.2, 0) is 19.1 Å². The maximum Gasteiger partial charge on any atom is 0.347 e. The SMILES string of the molecule is C=C[CH-]C#CC#COC(=O)CC/C(=C\c1ccccc1[N+](=O)[O-])C(=O)OC#CC#C[CH-]C=C. The van der Waals surface area contributed by atoms with Gasteiger partial charge in [0.2, 0.25) is 0 Å². The molecule has 164 valence electrons. The molecule has 0 radical (unpaired) electrons. The largest absolute Gasteiger partial charge is 0.372 e. The first-order valence-electron chi connectivity index (χ1n) is 9.24. The maximum absolute atomic E-state index is 12.4. The third-order valence-electron chi connectivity index (χ3n) is 3.41. The van der Waals surface area contributed by atoms with Crippen molar-refractivity contribution in [1.82, 2.24) is 0 Å². The van der Waals surface area contributed by atoms with Crippen LogP contribution in [0.25, 0.3) is 6.08 Å². The zero-order valence-electron chi connectivity index (χ0n) is 17.4. The number of hydrogen-bond acceptors (Lipinski definition) is 6. The molecule has 0 unspecified atom stereocenters. The van der Waals surface area contributed by atoms with Crippen molar-refractivity contribution >= 4 is 23.7 Å². The van der Waals surface area contributed by atoms with E-state index >= 15 is 0 Å². The molecule has 7 heteroatoms. The van der Waals surface area contributed by atoms with Crippen molar-refractivity contribution < 1.29 is 24.0 Å². The van der Waals surface area contributed by atoms with Gasteiger partial charge in [-0.1, -0.05) is 24.0 Å². The molecule has 1 aromatic rings. The minimum Gasteiger partial charge on any atom is -0.372 e. The summed E-state index contributed by atoms with van der Waals surface area (Å²) in [6, 6.07) is 5.80. The number of carbonyl (C=O) groups is 2. The average molecular weight is 439 g/mol. The van der Waals surface area contributed by atoms with E-state index in [9.17, 15) is 19.7 Å². The molecule has 0 bridgehead atoms. The van der Waals surface area contributed by atoms with Crippen LogP contribution < -0.4 is 0 Å². The van der Waals surface area contributed by atoms with E-state index in [0.29, 0.717) is 0 Å². The Morgan fingerprint density at radius 2 is 1.58 bits per heavy atom. The van der Waals surface area contributed by atoms with Crippen LogP contribution in [0.3, 0.4) is 0 Å². The molecule has 0 aromatic heterocycles. The predicted octanol–water partition coefficient (Wildman–Crippen LogP) is 3.55. The number of nitrogens with zero attached hydrogens (tertiary/aromatic N) is 1. The molecule has 0 atom stereocenters. The number of rotatable bonds is 8. The van der Waals surface area contributed by atoms with Gasteiger partial charge in [0, 0.05) is 11.6 Å². The number of esters is 2. The molecule has 1 aromatic carbocycles. The van der Waals surface area contributed by atoms with Crippen molar-refractivity contribution in [2.75, 3.05) is 0 Å². The summed E-state index contributed by atoms with van der Waals surface area (Å²) in [6.07, 6.45) is 11.0. The molecular formula is C26H17NO6-2. The molecular weight excluding hydrogens is 422 g/mol. The fourth-order valence-corrected chi connectivity index (χ4v) is 2.03. The lowest BCUT2D eigenvalue weighted by atomic mass is 10.0. The molecule has 0 amide bonds. The lowest BCUT2D eigenvalue weighted by molar-refractivity contribution is -0.385. The number of benzene rings is 1. The topological polar surface area (TPSA) is 95.7 Å². The Bertz CT molecular complexity index is 1190. The second-order valence-electron chi connectivity index (χ2n) is 5.65. The Balaban J connectivity index is 3.00. The van der Waals surface area contributed by atoms with Crippen LogP contribution in [0.2, 0.25) is 0 Å². The smallest absolute Gasteiger partial charge is 0.347 e. The van der Waals surface area contributed by atoms with Crippen LogP contribution in [0.15, 0.2) is 55.1 Å². The summed E-state index contributed by atoms with van der Waals surface area (Å²) in [4.78, 5) is 35.0. The minimum atomic E-state index is -0.889. The number of allylic oxidation sites excluding steroid dienone is 2. The van der Waals surface area contributed by atoms with Gasteiger partial charge in [0.25, 0.3) is 5.69 Å². The van der Waals surface area contributed by atoms with Crippen LogP contribution >= 0.6 is 0 Å². The van der Waals surface area contributed by atoms with Crippen LogP contribution in [0.5, 0.6) is 0 Å². The second-order valence-corrected chi connectivity index (χ2v) is 5.65. The first-order chi connectivity index (χ1) is 16.0. The highest BCUT2D eigenvalue weighted by Crippen LogP contribution is 2.22. The first kappa shape index (κ1) is 25.8. The molecule has 33 heavy (non-hydrogen) atoms. The maximum atomic E-state index is 12.4. The summed E-state index contributed by atoms with van der Waals surface area (Å²) >= 11 is 0. The lowest BCUT2D eigenvalue weighted by Gasteiger charge is -2.04. The van der Waals surface area contributed by atoms with E-state index in [4.69, 9.17) is 9.47 Å². The van der Waals surface area contributed by atoms with Gasteiger partial charge in [0.1, 0.15) is 12.2 Å². The van der Waals surface area contributed by atoms with Crippen LogP contribution in [0.4, 0.5) is 5.69 Å². The number of nitro benzene ring substituents is 1. The number of carbonyl (C=O) groups excluding carboxylic acids is 2. The van der Waals surface area contributed by atoms with Gasteiger partial charge in [-0.05, 0) is 18.6 Å². The molecule has 0 saturated heterocycles. The van der Waals surface area contributed by atoms with E-state index in [2.05, 4.69) is 60.9 Å². The third kappa shape index (κ3) is 10.9. The van der Waals surface area contributed by atoms with E-state index < -0.39 is 16.9 Å². The molecule has 0 N–H and O–H groups in total. The van der Waals surface area contributed by atoms with Crippen molar-refractivity contribution in [2.45, 2.75) is 12.8 Å². The summed E-state index contributed by atoms with van der Waals surface area (Å²) in [5.41, 5.74) is -0.0951. The van der Waals surface area contributed by atoms with Crippen molar-refractivity contribution in [3.05, 3.63) is 83.7 Å². The average Bonchev–Trinajstić information content (AvgIpc) is 2.81. The van der Waals surface area contributed by atoms with E-state index in [1.807, 2.05) is 0 Å². The fourth-order valence-electron chi connectivity index (χ4n) is 2.03. The van der Waals surface area contributed by atoms with Gasteiger partial charge in [-0.25, -0.2) is 16.6 Å². The summed E-state index contributed by atoms with van der Waals surface area (Å²) in [5.74, 6) is 12.9. The molecule has 1 rings (SSSR count). The van der Waals surface area contributed by atoms with E-state index in [-0.39, 0.29) is 29.7 Å². The summed E-state index contributed by atoms with van der Waals surface area (Å²) < 4.78 is 9.55. The van der Waals surface area contributed by atoms with Crippen molar-refractivity contribution in [3.8, 4) is 47.7 Å². The summed E-state index contributed by atoms with van der Waals surface area (Å²) in [5, 5.41) is 11.3. The second kappa shape index (κ2) is 15.6. The van der Waals surface area contributed by atoms with Crippen molar-refractivity contribution in [2.24, 2.45) is 0 Å². The fraction of sp³-hybridized carbons (Fsp3) is 0.0769. The Morgan fingerprint density at radius 1 is 0.970 bits per heavy atom. The lowest BCUT2D eigenvalue weighted by Crippen LogP contribution is -2.08. The minimum absolute atomic E-state index is 0.0329. The molecule has 0 spiro atoms. The monoisotopic (exact) mass is 439 g/mol. The standard InChI is InChI=1S/C26H17NO6/c1-3-5-7-9-13-19-32-25(28)18-17-23(26(29)33-20-14-10-8-6-4-2)21-22-15-11-12-16-24(22)27(30)31/h3-6,11-12,15-16,21H,1-2,17-18H2/q-2/b23-21+. The van der Waals surface area contributed by atoms with Crippen LogP contribution in [0.1, 0.15) is 18.4 Å². The first-order valence-corrected chi connectivity index (χ1v) is 9.24. The zero-order chi connectivity index (χ0) is 24.3. The molecule has 0 saturated carbocycles. The molecule has 7 nitrogen and oxygen atoms in total. The van der Waals surface area contributed by atoms with Gasteiger partial charge >= 0.3 is 11.9 Å². The summed E-state index contributed by atoms with van der Waals surface area (Å²) in [7, 11) is 0. The quantitative estimate of drug-likeness (QED) is 0.154. The Hall–Kier alpha value is -5.24. The van der Waals surface area contributed by atoms with Crippen LogP contribution in [-0.4, -0.2) is 16.9 Å². The number of para-hydroxylation sites is 1. The molecule has 0 fully saturated rings. The third-order valence-corrected chi connectivity index (χ3v) is 3.41. The highest BCUT2D eigenvalue weighted by Gasteiger charge is 2.17. The van der Waals surface area contributed by atoms with Gasteiger partial charge in [-0.3, -0.25) is 14.9 Å². The zero-order valence-corrected chi connectivity index (χ0v) is 17.4. The number of ether oxygens (including phenoxy) is 2. The predicted molar refractivity (Wildman–Crippen MR) is 123 cm³/mol. The van der Waals surface area contributed by atoms with E-state index in [0.717, 1.165) is 0 Å². The van der Waals surface area contributed by atoms with Crippen LogP contribution in [0, 0.1) is 70.7 Å². The van der Waals surface area contributed by atoms with Crippen molar-refractivity contribution in [1.29, 1.82) is 0 Å². The number of nitro groups is 1. The highest BCUT2D eigenvalue weighted by atomic mass is 16.6. The number of hydrogen-bond donors (Lipinski definition) is 0. The normalized spacial score (nSPS) is 8.79. The van der Waals surface area contributed by atoms with E-state index in [1.54, 1.807) is 6.07 Å². The molecule has 0 aliphatic rings. The van der Waals surface area contributed by atoms with Gasteiger partial charge in [0.15, 0.2) is 0 Å². The molecule has 0 aliphatic carbocycles. The van der Waals surface area contributed by atoms with Gasteiger partial charge in [-0.2, -0.15) is 37.2 Å². The Morgan fingerprint density at radius 3 is 2.18 bits per heavy atom.